The summed E-state index contributed by atoms with van der Waals surface area (Å²) in [5, 5.41) is 4.46. The molecule has 0 saturated carbocycles. The van der Waals surface area contributed by atoms with Crippen molar-refractivity contribution in [2.75, 3.05) is 26.8 Å². The van der Waals surface area contributed by atoms with E-state index >= 15 is 0 Å². The summed E-state index contributed by atoms with van der Waals surface area (Å²) in [6.45, 7) is 3.96. The zero-order valence-corrected chi connectivity index (χ0v) is 12.5. The topological polar surface area (TPSA) is 39.5 Å². The average molecular weight is 279 g/mol. The van der Waals surface area contributed by atoms with Crippen LogP contribution in [0.15, 0.2) is 12.3 Å². The average Bonchev–Trinajstić information content (AvgIpc) is 2.87. The molecule has 1 aromatic rings. The third kappa shape index (κ3) is 2.75. The number of hydrogen-bond acceptors (Lipinski definition) is 4. The number of likely N-dealkylation sites (tertiary alicyclic amines) is 1. The highest BCUT2D eigenvalue weighted by Crippen LogP contribution is 2.36. The summed E-state index contributed by atoms with van der Waals surface area (Å²) in [6.07, 6.45) is 6.67. The zero-order valence-electron chi connectivity index (χ0n) is 12.5. The lowest BCUT2D eigenvalue weighted by Crippen LogP contribution is -2.55. The smallest absolute Gasteiger partial charge is 0.0967 e. The Kier molecular flexibility index (Phi) is 4.10. The Morgan fingerprint density at radius 1 is 1.45 bits per heavy atom. The number of methoxy groups -OCH3 is 1. The van der Waals surface area contributed by atoms with Crippen LogP contribution in [0.3, 0.4) is 0 Å². The first kappa shape index (κ1) is 14.0. The van der Waals surface area contributed by atoms with Crippen LogP contribution in [0.25, 0.3) is 0 Å². The monoisotopic (exact) mass is 279 g/mol. The molecule has 0 radical (unpaired) electrons. The molecule has 2 aliphatic rings. The second-order valence-corrected chi connectivity index (χ2v) is 6.04. The van der Waals surface area contributed by atoms with E-state index in [1.54, 1.807) is 0 Å². The SMILES string of the molecule is COC1CCCOC12CCN(Cc1ccn(C)n1)CC2. The second-order valence-electron chi connectivity index (χ2n) is 6.04. The Morgan fingerprint density at radius 3 is 2.90 bits per heavy atom. The molecule has 1 atom stereocenters. The fraction of sp³-hybridized carbons (Fsp3) is 0.800. The predicted octanol–water partition coefficient (Wildman–Crippen LogP) is 1.58. The Morgan fingerprint density at radius 2 is 2.25 bits per heavy atom. The number of ether oxygens (including phenoxy) is 2. The van der Waals surface area contributed by atoms with Gasteiger partial charge in [-0.25, -0.2) is 0 Å². The maximum absolute atomic E-state index is 6.14. The largest absolute Gasteiger partial charge is 0.378 e. The van der Waals surface area contributed by atoms with Crippen LogP contribution >= 0.6 is 0 Å². The molecule has 2 fully saturated rings. The van der Waals surface area contributed by atoms with Gasteiger partial charge in [0.25, 0.3) is 0 Å². The Hall–Kier alpha value is -0.910. The molecule has 112 valence electrons. The summed E-state index contributed by atoms with van der Waals surface area (Å²) in [6, 6.07) is 2.10. The standard InChI is InChI=1S/C15H25N3O2/c1-17-8-5-13(16-17)12-18-9-6-15(7-10-18)14(19-2)4-3-11-20-15/h5,8,14H,3-4,6-7,9-12H2,1-2H3. The third-order valence-electron chi connectivity index (χ3n) is 4.73. The van der Waals surface area contributed by atoms with Gasteiger partial charge in [0.05, 0.1) is 17.4 Å². The number of nitrogens with zero attached hydrogens (tertiary/aromatic N) is 3. The first-order valence-corrected chi connectivity index (χ1v) is 7.59. The fourth-order valence-corrected chi connectivity index (χ4v) is 3.57. The van der Waals surface area contributed by atoms with Crippen molar-refractivity contribution in [3.63, 3.8) is 0 Å². The molecule has 2 saturated heterocycles. The van der Waals surface area contributed by atoms with E-state index in [1.807, 2.05) is 25.0 Å². The summed E-state index contributed by atoms with van der Waals surface area (Å²) >= 11 is 0. The number of aryl methyl sites for hydroxylation is 1. The molecule has 0 N–H and O–H groups in total. The number of aromatic nitrogens is 2. The maximum atomic E-state index is 6.14. The van der Waals surface area contributed by atoms with Crippen LogP contribution in [-0.4, -0.2) is 53.2 Å². The Bertz CT molecular complexity index is 438. The fourth-order valence-electron chi connectivity index (χ4n) is 3.57. The zero-order chi connectivity index (χ0) is 14.0. The van der Waals surface area contributed by atoms with Gasteiger partial charge >= 0.3 is 0 Å². The van der Waals surface area contributed by atoms with Gasteiger partial charge in [-0.1, -0.05) is 0 Å². The van der Waals surface area contributed by atoms with E-state index in [0.29, 0.717) is 0 Å². The minimum atomic E-state index is -0.0341. The van der Waals surface area contributed by atoms with E-state index < -0.39 is 0 Å². The maximum Gasteiger partial charge on any atom is 0.0967 e. The summed E-state index contributed by atoms with van der Waals surface area (Å²) < 4.78 is 13.7. The first-order chi connectivity index (χ1) is 9.72. The summed E-state index contributed by atoms with van der Waals surface area (Å²) in [7, 11) is 3.79. The number of hydrogen-bond donors (Lipinski definition) is 0. The van der Waals surface area contributed by atoms with Crippen LogP contribution in [0, 0.1) is 0 Å². The van der Waals surface area contributed by atoms with E-state index in [0.717, 1.165) is 57.6 Å². The molecule has 0 aliphatic carbocycles. The second kappa shape index (κ2) is 5.84. The quantitative estimate of drug-likeness (QED) is 0.842. The van der Waals surface area contributed by atoms with Gasteiger partial charge in [-0.15, -0.1) is 0 Å². The first-order valence-electron chi connectivity index (χ1n) is 7.59. The van der Waals surface area contributed by atoms with Crippen molar-refractivity contribution < 1.29 is 9.47 Å². The van der Waals surface area contributed by atoms with Crippen LogP contribution in [0.1, 0.15) is 31.4 Å². The lowest BCUT2D eigenvalue weighted by molar-refractivity contribution is -0.186. The number of rotatable bonds is 3. The van der Waals surface area contributed by atoms with E-state index in [4.69, 9.17) is 9.47 Å². The van der Waals surface area contributed by atoms with Gasteiger partial charge in [-0.3, -0.25) is 9.58 Å². The predicted molar refractivity (Wildman–Crippen MR) is 76.4 cm³/mol. The molecule has 1 aromatic heterocycles. The van der Waals surface area contributed by atoms with Gasteiger partial charge in [0.2, 0.25) is 0 Å². The minimum absolute atomic E-state index is 0.0341. The van der Waals surface area contributed by atoms with Crippen LogP contribution in [0.2, 0.25) is 0 Å². The van der Waals surface area contributed by atoms with Gasteiger partial charge < -0.3 is 9.47 Å². The normalized spacial score (nSPS) is 27.0. The van der Waals surface area contributed by atoms with Gasteiger partial charge in [0, 0.05) is 46.6 Å². The lowest BCUT2D eigenvalue weighted by atomic mass is 9.82. The minimum Gasteiger partial charge on any atom is -0.378 e. The molecule has 0 aromatic carbocycles. The van der Waals surface area contributed by atoms with Crippen LogP contribution < -0.4 is 0 Å². The van der Waals surface area contributed by atoms with Gasteiger partial charge in [0.1, 0.15) is 0 Å². The molecule has 3 rings (SSSR count). The molecular weight excluding hydrogens is 254 g/mol. The lowest BCUT2D eigenvalue weighted by Gasteiger charge is -2.48. The van der Waals surface area contributed by atoms with Gasteiger partial charge in [-0.2, -0.15) is 5.10 Å². The van der Waals surface area contributed by atoms with Crippen molar-refractivity contribution in [2.24, 2.45) is 7.05 Å². The van der Waals surface area contributed by atoms with Crippen LogP contribution in [0.4, 0.5) is 0 Å². The van der Waals surface area contributed by atoms with Crippen molar-refractivity contribution in [2.45, 2.75) is 43.9 Å². The molecule has 0 amide bonds. The Labute approximate surface area is 120 Å². The van der Waals surface area contributed by atoms with Crippen molar-refractivity contribution in [1.82, 2.24) is 14.7 Å². The van der Waals surface area contributed by atoms with Crippen molar-refractivity contribution in [1.29, 1.82) is 0 Å². The van der Waals surface area contributed by atoms with Crippen molar-refractivity contribution >= 4 is 0 Å². The van der Waals surface area contributed by atoms with E-state index in [1.165, 1.54) is 0 Å². The van der Waals surface area contributed by atoms with E-state index in [2.05, 4.69) is 16.1 Å². The summed E-state index contributed by atoms with van der Waals surface area (Å²) in [5.41, 5.74) is 1.12. The summed E-state index contributed by atoms with van der Waals surface area (Å²) in [5.74, 6) is 0. The third-order valence-corrected chi connectivity index (χ3v) is 4.73. The van der Waals surface area contributed by atoms with Crippen molar-refractivity contribution in [3.8, 4) is 0 Å². The molecule has 2 aliphatic heterocycles. The van der Waals surface area contributed by atoms with Gasteiger partial charge in [0.15, 0.2) is 0 Å². The highest BCUT2D eigenvalue weighted by atomic mass is 16.5. The molecule has 3 heterocycles. The molecule has 1 spiro atoms. The molecule has 1 unspecified atom stereocenters. The molecule has 5 heteroatoms. The van der Waals surface area contributed by atoms with Crippen LogP contribution in [0.5, 0.6) is 0 Å². The number of piperidine rings is 1. The molecule has 0 bridgehead atoms. The molecule has 20 heavy (non-hydrogen) atoms. The van der Waals surface area contributed by atoms with E-state index in [-0.39, 0.29) is 11.7 Å². The Balaban J connectivity index is 1.58. The summed E-state index contributed by atoms with van der Waals surface area (Å²) in [4.78, 5) is 2.47. The highest BCUT2D eigenvalue weighted by molar-refractivity contribution is 5.01. The van der Waals surface area contributed by atoms with Crippen LogP contribution in [-0.2, 0) is 23.1 Å². The molecule has 5 nitrogen and oxygen atoms in total. The molecular formula is C15H25N3O2. The van der Waals surface area contributed by atoms with E-state index in [9.17, 15) is 0 Å². The highest BCUT2D eigenvalue weighted by Gasteiger charge is 2.44. The van der Waals surface area contributed by atoms with Gasteiger partial charge in [-0.05, 0) is 31.7 Å². The van der Waals surface area contributed by atoms with Crippen molar-refractivity contribution in [3.05, 3.63) is 18.0 Å².